The molecule has 0 radical (unpaired) electrons. The van der Waals surface area contributed by atoms with Crippen molar-refractivity contribution in [1.82, 2.24) is 10.3 Å². The SMILES string of the molecule is O=C(N[C@@H](Cc1cnccc1F)C(=O)O)OCC1c2ccccc2-c2ccccc21. The Bertz CT molecular complexity index is 1060. The predicted octanol–water partition coefficient (Wildman–Crippen LogP) is 3.76. The van der Waals surface area contributed by atoms with Crippen LogP contribution in [0.4, 0.5) is 9.18 Å². The van der Waals surface area contributed by atoms with Crippen molar-refractivity contribution in [3.8, 4) is 11.1 Å². The van der Waals surface area contributed by atoms with Gasteiger partial charge in [-0.1, -0.05) is 48.5 Å². The summed E-state index contributed by atoms with van der Waals surface area (Å²) in [6.07, 6.45) is 1.41. The molecule has 2 N–H and O–H groups in total. The summed E-state index contributed by atoms with van der Waals surface area (Å²) < 4.78 is 19.2. The summed E-state index contributed by atoms with van der Waals surface area (Å²) in [6, 6.07) is 15.6. The Morgan fingerprint density at radius 3 is 2.30 bits per heavy atom. The first kappa shape index (κ1) is 19.6. The predicted molar refractivity (Wildman–Crippen MR) is 108 cm³/mol. The molecule has 0 spiro atoms. The van der Waals surface area contributed by atoms with Crippen LogP contribution in [0, 0.1) is 5.82 Å². The third kappa shape index (κ3) is 3.87. The lowest BCUT2D eigenvalue weighted by atomic mass is 9.98. The Morgan fingerprint density at radius 2 is 1.70 bits per heavy atom. The first-order chi connectivity index (χ1) is 14.5. The van der Waals surface area contributed by atoms with Gasteiger partial charge in [-0.2, -0.15) is 0 Å². The summed E-state index contributed by atoms with van der Waals surface area (Å²) in [4.78, 5) is 27.6. The Kier molecular flexibility index (Phi) is 5.43. The van der Waals surface area contributed by atoms with Crippen LogP contribution in [0.1, 0.15) is 22.6 Å². The molecule has 4 rings (SSSR count). The highest BCUT2D eigenvalue weighted by Crippen LogP contribution is 2.44. The van der Waals surface area contributed by atoms with Crippen LogP contribution in [0.15, 0.2) is 67.0 Å². The molecular weight excluding hydrogens is 387 g/mol. The Labute approximate surface area is 172 Å². The smallest absolute Gasteiger partial charge is 0.407 e. The summed E-state index contributed by atoms with van der Waals surface area (Å²) in [6.45, 7) is 0.0629. The lowest BCUT2D eigenvalue weighted by molar-refractivity contribution is -0.139. The van der Waals surface area contributed by atoms with Crippen LogP contribution in [-0.4, -0.2) is 34.8 Å². The number of rotatable bonds is 6. The highest BCUT2D eigenvalue weighted by Gasteiger charge is 2.30. The molecule has 1 aliphatic rings. The minimum Gasteiger partial charge on any atom is -0.480 e. The average molecular weight is 406 g/mol. The van der Waals surface area contributed by atoms with Crippen LogP contribution >= 0.6 is 0 Å². The first-order valence-corrected chi connectivity index (χ1v) is 9.47. The fraction of sp³-hybridized carbons (Fsp3) is 0.174. The van der Waals surface area contributed by atoms with Gasteiger partial charge in [-0.15, -0.1) is 0 Å². The van der Waals surface area contributed by atoms with Crippen LogP contribution in [0.2, 0.25) is 0 Å². The number of fused-ring (bicyclic) bond motifs is 3. The van der Waals surface area contributed by atoms with Crippen molar-refractivity contribution in [2.75, 3.05) is 6.61 Å². The number of pyridine rings is 1. The van der Waals surface area contributed by atoms with Gasteiger partial charge in [0, 0.05) is 30.3 Å². The molecule has 6 nitrogen and oxygen atoms in total. The second kappa shape index (κ2) is 8.32. The zero-order valence-corrected chi connectivity index (χ0v) is 15.9. The van der Waals surface area contributed by atoms with E-state index < -0.39 is 23.9 Å². The summed E-state index contributed by atoms with van der Waals surface area (Å²) in [5, 5.41) is 11.7. The number of hydrogen-bond acceptors (Lipinski definition) is 4. The van der Waals surface area contributed by atoms with Crippen molar-refractivity contribution in [3.63, 3.8) is 0 Å². The summed E-state index contributed by atoms with van der Waals surface area (Å²) in [7, 11) is 0. The number of carboxylic acids is 1. The number of carbonyl (C=O) groups excluding carboxylic acids is 1. The van der Waals surface area contributed by atoms with Gasteiger partial charge < -0.3 is 15.2 Å². The van der Waals surface area contributed by atoms with E-state index in [1.54, 1.807) is 0 Å². The molecule has 7 heteroatoms. The quantitative estimate of drug-likeness (QED) is 0.651. The van der Waals surface area contributed by atoms with Crippen molar-refractivity contribution in [2.24, 2.45) is 0 Å². The van der Waals surface area contributed by atoms with E-state index in [9.17, 15) is 19.1 Å². The van der Waals surface area contributed by atoms with Gasteiger partial charge in [-0.25, -0.2) is 14.0 Å². The van der Waals surface area contributed by atoms with Gasteiger partial charge >= 0.3 is 12.1 Å². The van der Waals surface area contributed by atoms with Crippen LogP contribution in [0.3, 0.4) is 0 Å². The van der Waals surface area contributed by atoms with Gasteiger partial charge in [0.05, 0.1) is 0 Å². The molecule has 152 valence electrons. The molecule has 1 atom stereocenters. The van der Waals surface area contributed by atoms with Crippen LogP contribution in [0.25, 0.3) is 11.1 Å². The highest BCUT2D eigenvalue weighted by molar-refractivity contribution is 5.81. The minimum absolute atomic E-state index is 0.0629. The Morgan fingerprint density at radius 1 is 1.07 bits per heavy atom. The summed E-state index contributed by atoms with van der Waals surface area (Å²) in [5.41, 5.74) is 4.40. The number of amides is 1. The maximum absolute atomic E-state index is 13.8. The molecule has 0 saturated heterocycles. The highest BCUT2D eigenvalue weighted by atomic mass is 19.1. The van der Waals surface area contributed by atoms with Crippen LogP contribution in [-0.2, 0) is 16.0 Å². The molecule has 0 saturated carbocycles. The molecule has 1 aromatic heterocycles. The number of carbonyl (C=O) groups is 2. The maximum atomic E-state index is 13.8. The van der Waals surface area contributed by atoms with Gasteiger partial charge in [0.2, 0.25) is 0 Å². The maximum Gasteiger partial charge on any atom is 0.407 e. The van der Waals surface area contributed by atoms with E-state index in [0.717, 1.165) is 28.3 Å². The zero-order valence-electron chi connectivity index (χ0n) is 15.9. The number of aromatic nitrogens is 1. The van der Waals surface area contributed by atoms with E-state index >= 15 is 0 Å². The van der Waals surface area contributed by atoms with Crippen LogP contribution in [0.5, 0.6) is 0 Å². The van der Waals surface area contributed by atoms with Gasteiger partial charge in [0.25, 0.3) is 0 Å². The number of hydrogen-bond donors (Lipinski definition) is 2. The topological polar surface area (TPSA) is 88.5 Å². The molecule has 2 aromatic carbocycles. The normalized spacial score (nSPS) is 13.2. The van der Waals surface area contributed by atoms with Gasteiger partial charge in [0.15, 0.2) is 0 Å². The Balaban J connectivity index is 1.44. The fourth-order valence-corrected chi connectivity index (χ4v) is 3.76. The van der Waals surface area contributed by atoms with Gasteiger partial charge in [-0.05, 0) is 28.3 Å². The monoisotopic (exact) mass is 406 g/mol. The van der Waals surface area contributed by atoms with Crippen molar-refractivity contribution in [3.05, 3.63) is 89.5 Å². The molecule has 1 heterocycles. The lowest BCUT2D eigenvalue weighted by Gasteiger charge is -2.17. The van der Waals surface area contributed by atoms with E-state index in [2.05, 4.69) is 10.3 Å². The number of nitrogens with one attached hydrogen (secondary N) is 1. The average Bonchev–Trinajstić information content (AvgIpc) is 3.07. The second-order valence-electron chi connectivity index (χ2n) is 7.03. The zero-order chi connectivity index (χ0) is 21.1. The fourth-order valence-electron chi connectivity index (χ4n) is 3.76. The largest absolute Gasteiger partial charge is 0.480 e. The lowest BCUT2D eigenvalue weighted by Crippen LogP contribution is -2.43. The van der Waals surface area contributed by atoms with E-state index in [0.29, 0.717) is 0 Å². The van der Waals surface area contributed by atoms with E-state index in [-0.39, 0.29) is 24.5 Å². The molecule has 3 aromatic rings. The third-order valence-electron chi connectivity index (χ3n) is 5.20. The van der Waals surface area contributed by atoms with Gasteiger partial charge in [-0.3, -0.25) is 4.98 Å². The van der Waals surface area contributed by atoms with Gasteiger partial charge in [0.1, 0.15) is 18.5 Å². The molecule has 30 heavy (non-hydrogen) atoms. The van der Waals surface area contributed by atoms with Crippen molar-refractivity contribution in [1.29, 1.82) is 0 Å². The number of aliphatic carboxylic acids is 1. The molecule has 0 bridgehead atoms. The summed E-state index contributed by atoms with van der Waals surface area (Å²) >= 11 is 0. The van der Waals surface area contributed by atoms with E-state index in [4.69, 9.17) is 4.74 Å². The first-order valence-electron chi connectivity index (χ1n) is 9.47. The third-order valence-corrected chi connectivity index (χ3v) is 5.20. The number of halogens is 1. The van der Waals surface area contributed by atoms with Crippen molar-refractivity contribution >= 4 is 12.1 Å². The standard InChI is InChI=1S/C23H19FN2O4/c24-20-9-10-25-12-14(20)11-21(22(27)28)26-23(29)30-13-19-17-7-3-1-5-15(17)16-6-2-4-8-18(16)19/h1-10,12,19,21H,11,13H2,(H,26,29)(H,27,28)/t21-/m0/s1. The molecular formula is C23H19FN2O4. The van der Waals surface area contributed by atoms with Crippen LogP contribution < -0.4 is 5.32 Å². The number of ether oxygens (including phenoxy) is 1. The molecule has 0 fully saturated rings. The number of benzene rings is 2. The number of alkyl carbamates (subject to hydrolysis) is 1. The Hall–Kier alpha value is -3.74. The molecule has 1 aliphatic carbocycles. The molecule has 1 amide bonds. The summed E-state index contributed by atoms with van der Waals surface area (Å²) in [5.74, 6) is -2.00. The molecule has 0 aliphatic heterocycles. The van der Waals surface area contributed by atoms with Crippen molar-refractivity contribution in [2.45, 2.75) is 18.4 Å². The minimum atomic E-state index is -1.33. The number of carboxylic acid groups (broad SMARTS) is 1. The van der Waals surface area contributed by atoms with Crippen molar-refractivity contribution < 1.29 is 23.8 Å². The van der Waals surface area contributed by atoms with E-state index in [1.165, 1.54) is 12.4 Å². The van der Waals surface area contributed by atoms with E-state index in [1.807, 2.05) is 48.5 Å². The number of nitrogens with zero attached hydrogens (tertiary/aromatic N) is 1. The second-order valence-corrected chi connectivity index (χ2v) is 7.03. The molecule has 0 unspecified atom stereocenters.